The Morgan fingerprint density at radius 2 is 1.55 bits per heavy atom. The summed E-state index contributed by atoms with van der Waals surface area (Å²) in [7, 11) is 8.57. The van der Waals surface area contributed by atoms with Crippen molar-refractivity contribution >= 4 is 11.6 Å². The van der Waals surface area contributed by atoms with Crippen LogP contribution in [0.15, 0.2) is 59.2 Å². The number of hydrogen-bond acceptors (Lipinski definition) is 6. The third kappa shape index (κ3) is 5.12. The Kier molecular flexibility index (Phi) is 7.07. The van der Waals surface area contributed by atoms with Gasteiger partial charge < -0.3 is 28.4 Å². The average molecular weight is 424 g/mol. The molecule has 0 N–H and O–H groups in total. The second-order valence-corrected chi connectivity index (χ2v) is 7.22. The first kappa shape index (κ1) is 22.1. The summed E-state index contributed by atoms with van der Waals surface area (Å²) in [5, 5.41) is 0. The van der Waals surface area contributed by atoms with Gasteiger partial charge in [0.2, 0.25) is 5.75 Å². The maximum absolute atomic E-state index is 13.5. The fourth-order valence-corrected chi connectivity index (χ4v) is 3.30. The number of carbonyl (C=O) groups excluding carboxylic acids is 1. The van der Waals surface area contributed by atoms with Crippen molar-refractivity contribution in [1.29, 1.82) is 0 Å². The fraction of sp³-hybridized carbons (Fsp3) is 0.292. The molecule has 0 fully saturated rings. The van der Waals surface area contributed by atoms with Crippen molar-refractivity contribution in [1.82, 2.24) is 4.90 Å². The van der Waals surface area contributed by atoms with Gasteiger partial charge >= 0.3 is 0 Å². The quantitative estimate of drug-likeness (QED) is 0.513. The largest absolute Gasteiger partial charge is 0.493 e. The van der Waals surface area contributed by atoms with Crippen molar-refractivity contribution in [2.24, 2.45) is 0 Å². The van der Waals surface area contributed by atoms with E-state index >= 15 is 0 Å². The Morgan fingerprint density at radius 3 is 2.03 bits per heavy atom. The molecule has 1 amide bonds. The Balaban J connectivity index is 1.94. The number of hydrogen-bond donors (Lipinski definition) is 0. The van der Waals surface area contributed by atoms with Crippen LogP contribution in [0.1, 0.15) is 21.7 Å². The molecule has 0 aliphatic carbocycles. The number of nitrogens with zero attached hydrogens (tertiary/aromatic N) is 2. The van der Waals surface area contributed by atoms with Crippen LogP contribution < -0.4 is 19.1 Å². The van der Waals surface area contributed by atoms with Crippen LogP contribution in [0.5, 0.6) is 17.2 Å². The Bertz CT molecular complexity index is 972. The van der Waals surface area contributed by atoms with Gasteiger partial charge in [0.05, 0.1) is 34.1 Å². The van der Waals surface area contributed by atoms with Crippen molar-refractivity contribution in [2.75, 3.05) is 40.3 Å². The monoisotopic (exact) mass is 424 g/mol. The zero-order chi connectivity index (χ0) is 22.4. The summed E-state index contributed by atoms with van der Waals surface area (Å²) in [6, 6.07) is 15.1. The number of anilines is 1. The van der Waals surface area contributed by atoms with E-state index in [1.165, 1.54) is 21.3 Å². The van der Waals surface area contributed by atoms with Gasteiger partial charge in [0, 0.05) is 31.9 Å². The molecule has 1 aromatic heterocycles. The van der Waals surface area contributed by atoms with E-state index in [0.29, 0.717) is 41.7 Å². The number of rotatable bonds is 9. The van der Waals surface area contributed by atoms with Gasteiger partial charge in [0.15, 0.2) is 11.5 Å². The lowest BCUT2D eigenvalue weighted by atomic mass is 10.1. The topological polar surface area (TPSA) is 64.4 Å². The Labute approximate surface area is 182 Å². The lowest BCUT2D eigenvalue weighted by Crippen LogP contribution is -2.30. The minimum atomic E-state index is -0.174. The van der Waals surface area contributed by atoms with Crippen molar-refractivity contribution in [3.05, 3.63) is 71.7 Å². The summed E-state index contributed by atoms with van der Waals surface area (Å²) in [5.41, 5.74) is 2.54. The molecule has 164 valence electrons. The highest BCUT2D eigenvalue weighted by Crippen LogP contribution is 2.38. The number of ether oxygens (including phenoxy) is 3. The molecule has 31 heavy (non-hydrogen) atoms. The van der Waals surface area contributed by atoms with Gasteiger partial charge in [-0.1, -0.05) is 12.1 Å². The van der Waals surface area contributed by atoms with E-state index < -0.39 is 0 Å². The molecule has 7 heteroatoms. The van der Waals surface area contributed by atoms with Crippen LogP contribution in [0.2, 0.25) is 0 Å². The lowest BCUT2D eigenvalue weighted by molar-refractivity contribution is 0.0717. The maximum Gasteiger partial charge on any atom is 0.254 e. The predicted octanol–water partition coefficient (Wildman–Crippen LogP) is 4.21. The third-order valence-electron chi connectivity index (χ3n) is 4.95. The van der Waals surface area contributed by atoms with E-state index in [1.807, 2.05) is 55.4 Å². The lowest BCUT2D eigenvalue weighted by Gasteiger charge is -2.23. The summed E-state index contributed by atoms with van der Waals surface area (Å²) in [4.78, 5) is 17.3. The number of benzene rings is 2. The molecule has 0 bridgehead atoms. The zero-order valence-corrected chi connectivity index (χ0v) is 18.5. The summed E-state index contributed by atoms with van der Waals surface area (Å²) in [5.74, 6) is 1.83. The number of amides is 1. The van der Waals surface area contributed by atoms with Crippen LogP contribution in [-0.4, -0.2) is 46.2 Å². The van der Waals surface area contributed by atoms with Gasteiger partial charge in [-0.3, -0.25) is 4.79 Å². The molecule has 0 saturated heterocycles. The molecule has 0 aliphatic heterocycles. The smallest absolute Gasteiger partial charge is 0.254 e. The van der Waals surface area contributed by atoms with E-state index in [9.17, 15) is 4.79 Å². The first-order valence-electron chi connectivity index (χ1n) is 9.84. The van der Waals surface area contributed by atoms with Crippen molar-refractivity contribution in [2.45, 2.75) is 13.1 Å². The summed E-state index contributed by atoms with van der Waals surface area (Å²) < 4.78 is 21.7. The minimum Gasteiger partial charge on any atom is -0.493 e. The first-order chi connectivity index (χ1) is 15.0. The highest BCUT2D eigenvalue weighted by Gasteiger charge is 2.22. The number of furan rings is 1. The second kappa shape index (κ2) is 9.93. The molecule has 0 radical (unpaired) electrons. The Morgan fingerprint density at radius 1 is 0.903 bits per heavy atom. The number of carbonyl (C=O) groups is 1. The van der Waals surface area contributed by atoms with E-state index in [2.05, 4.69) is 0 Å². The van der Waals surface area contributed by atoms with E-state index in [-0.39, 0.29) is 5.91 Å². The highest BCUT2D eigenvalue weighted by molar-refractivity contribution is 5.95. The van der Waals surface area contributed by atoms with E-state index in [1.54, 1.807) is 23.3 Å². The summed E-state index contributed by atoms with van der Waals surface area (Å²) in [6.07, 6.45) is 1.60. The van der Waals surface area contributed by atoms with Gasteiger partial charge in [0.1, 0.15) is 5.76 Å². The van der Waals surface area contributed by atoms with E-state index in [0.717, 1.165) is 11.3 Å². The summed E-state index contributed by atoms with van der Waals surface area (Å²) >= 11 is 0. The molecule has 7 nitrogen and oxygen atoms in total. The van der Waals surface area contributed by atoms with Crippen molar-refractivity contribution in [3.8, 4) is 17.2 Å². The molecule has 0 atom stereocenters. The van der Waals surface area contributed by atoms with Crippen LogP contribution in [-0.2, 0) is 13.1 Å². The normalized spacial score (nSPS) is 10.5. The highest BCUT2D eigenvalue weighted by atomic mass is 16.5. The summed E-state index contributed by atoms with van der Waals surface area (Å²) in [6.45, 7) is 0.752. The second-order valence-electron chi connectivity index (χ2n) is 7.22. The first-order valence-corrected chi connectivity index (χ1v) is 9.84. The molecule has 2 aromatic carbocycles. The van der Waals surface area contributed by atoms with Gasteiger partial charge in [-0.15, -0.1) is 0 Å². The van der Waals surface area contributed by atoms with Crippen LogP contribution in [0.25, 0.3) is 0 Å². The Hall–Kier alpha value is -3.61. The van der Waals surface area contributed by atoms with Crippen LogP contribution in [0.4, 0.5) is 5.69 Å². The van der Waals surface area contributed by atoms with Gasteiger partial charge in [0.25, 0.3) is 5.91 Å². The molecule has 0 saturated carbocycles. The minimum absolute atomic E-state index is 0.174. The molecule has 1 heterocycles. The van der Waals surface area contributed by atoms with Crippen LogP contribution in [0.3, 0.4) is 0 Å². The zero-order valence-electron chi connectivity index (χ0n) is 18.5. The predicted molar refractivity (Wildman–Crippen MR) is 119 cm³/mol. The molecule has 3 aromatic rings. The van der Waals surface area contributed by atoms with Crippen LogP contribution >= 0.6 is 0 Å². The molecular weight excluding hydrogens is 396 g/mol. The molecule has 0 unspecified atom stereocenters. The third-order valence-corrected chi connectivity index (χ3v) is 4.95. The standard InChI is InChI=1S/C24H28N2O5/c1-25(2)19-10-8-17(9-11-19)15-26(16-20-7-6-12-31-20)24(27)18-13-21(28-3)23(30-5)22(14-18)29-4/h6-14H,15-16H2,1-5H3. The molecular formula is C24H28N2O5. The fourth-order valence-electron chi connectivity index (χ4n) is 3.30. The molecule has 0 aliphatic rings. The average Bonchev–Trinajstić information content (AvgIpc) is 3.30. The van der Waals surface area contributed by atoms with Gasteiger partial charge in [-0.05, 0) is 42.0 Å². The van der Waals surface area contributed by atoms with Gasteiger partial charge in [-0.25, -0.2) is 0 Å². The molecule has 3 rings (SSSR count). The van der Waals surface area contributed by atoms with Crippen molar-refractivity contribution < 1.29 is 23.4 Å². The number of methoxy groups -OCH3 is 3. The molecule has 0 spiro atoms. The van der Waals surface area contributed by atoms with Gasteiger partial charge in [-0.2, -0.15) is 0 Å². The van der Waals surface area contributed by atoms with Crippen molar-refractivity contribution in [3.63, 3.8) is 0 Å². The maximum atomic E-state index is 13.5. The SMILES string of the molecule is COc1cc(C(=O)N(Cc2ccc(N(C)C)cc2)Cc2ccco2)cc(OC)c1OC. The van der Waals surface area contributed by atoms with Crippen LogP contribution in [0, 0.1) is 0 Å². The van der Waals surface area contributed by atoms with E-state index in [4.69, 9.17) is 18.6 Å².